The van der Waals surface area contributed by atoms with Crippen LogP contribution >= 0.6 is 0 Å². The molecule has 2 aromatic carbocycles. The highest BCUT2D eigenvalue weighted by Gasteiger charge is 2.33. The number of anilines is 1. The molecule has 27 heavy (non-hydrogen) atoms. The van der Waals surface area contributed by atoms with Crippen LogP contribution in [0.4, 0.5) is 27.6 Å². The molecule has 0 unspecified atom stereocenters. The molecule has 0 fully saturated rings. The molecule has 2 N–H and O–H groups in total. The van der Waals surface area contributed by atoms with Gasteiger partial charge in [0.2, 0.25) is 0 Å². The molecule has 0 aliphatic heterocycles. The van der Waals surface area contributed by atoms with E-state index in [1.807, 2.05) is 0 Å². The van der Waals surface area contributed by atoms with Crippen LogP contribution in [0.25, 0.3) is 11.3 Å². The minimum atomic E-state index is -4.97. The quantitative estimate of drug-likeness (QED) is 0.617. The second kappa shape index (κ2) is 6.69. The molecule has 0 radical (unpaired) electrons. The van der Waals surface area contributed by atoms with Crippen LogP contribution in [0.3, 0.4) is 0 Å². The summed E-state index contributed by atoms with van der Waals surface area (Å²) in [5.41, 5.74) is -1.64. The summed E-state index contributed by atoms with van der Waals surface area (Å²) in [5.74, 6) is -3.35. The predicted molar refractivity (Wildman–Crippen MR) is 88.4 cm³/mol. The molecule has 142 valence electrons. The van der Waals surface area contributed by atoms with Gasteiger partial charge in [-0.1, -0.05) is 30.3 Å². The maximum absolute atomic E-state index is 13.9. The number of nitrogens with one attached hydrogen (secondary N) is 2. The summed E-state index contributed by atoms with van der Waals surface area (Å²) < 4.78 is 91.8. The molecule has 0 bridgehead atoms. The molecule has 0 saturated carbocycles. The third-order valence-electron chi connectivity index (χ3n) is 3.66. The van der Waals surface area contributed by atoms with Crippen molar-refractivity contribution >= 4 is 15.7 Å². The average Bonchev–Trinajstić information content (AvgIpc) is 3.09. The number of aromatic nitrogens is 1. The van der Waals surface area contributed by atoms with Gasteiger partial charge in [-0.3, -0.25) is 4.72 Å². The standard InChI is InChI=1S/C17H11F5N2O2S/c18-13-6-11(17(20,21)22)7-14(19)16(13)24-27(25,26)12-8-15(23-9-12)10-4-2-1-3-5-10/h1-9,23-24H. The lowest BCUT2D eigenvalue weighted by Gasteiger charge is -2.12. The van der Waals surface area contributed by atoms with E-state index in [0.717, 1.165) is 6.20 Å². The monoisotopic (exact) mass is 402 g/mol. The van der Waals surface area contributed by atoms with Gasteiger partial charge in [-0.25, -0.2) is 17.2 Å². The van der Waals surface area contributed by atoms with Gasteiger partial charge in [-0.05, 0) is 23.8 Å². The molecular weight excluding hydrogens is 391 g/mol. The second-order valence-corrected chi connectivity index (χ2v) is 7.22. The second-order valence-electron chi connectivity index (χ2n) is 5.53. The zero-order valence-corrected chi connectivity index (χ0v) is 14.1. The largest absolute Gasteiger partial charge is 0.416 e. The van der Waals surface area contributed by atoms with Crippen molar-refractivity contribution in [3.05, 3.63) is 71.9 Å². The van der Waals surface area contributed by atoms with Crippen LogP contribution in [0.5, 0.6) is 0 Å². The van der Waals surface area contributed by atoms with Crippen LogP contribution in [0.15, 0.2) is 59.6 Å². The summed E-state index contributed by atoms with van der Waals surface area (Å²) in [7, 11) is -4.44. The van der Waals surface area contributed by atoms with Gasteiger partial charge in [0.05, 0.1) is 5.56 Å². The summed E-state index contributed by atoms with van der Waals surface area (Å²) in [5, 5.41) is 0. The first-order chi connectivity index (χ1) is 12.6. The van der Waals surface area contributed by atoms with Crippen molar-refractivity contribution in [3.8, 4) is 11.3 Å². The Morgan fingerprint density at radius 2 is 1.52 bits per heavy atom. The Morgan fingerprint density at radius 3 is 2.07 bits per heavy atom. The molecule has 0 spiro atoms. The fourth-order valence-electron chi connectivity index (χ4n) is 2.34. The summed E-state index contributed by atoms with van der Waals surface area (Å²) in [6.45, 7) is 0. The number of hydrogen-bond donors (Lipinski definition) is 2. The number of halogens is 5. The van der Waals surface area contributed by atoms with Gasteiger partial charge in [-0.2, -0.15) is 13.2 Å². The van der Waals surface area contributed by atoms with Crippen LogP contribution in [0.1, 0.15) is 5.56 Å². The van der Waals surface area contributed by atoms with E-state index < -0.39 is 39.1 Å². The van der Waals surface area contributed by atoms with Crippen molar-refractivity contribution in [2.45, 2.75) is 11.1 Å². The number of alkyl halides is 3. The van der Waals surface area contributed by atoms with Gasteiger partial charge in [0.1, 0.15) is 10.6 Å². The minimum absolute atomic E-state index is 0.0213. The molecule has 0 aliphatic rings. The van der Waals surface area contributed by atoms with E-state index in [1.54, 1.807) is 35.1 Å². The lowest BCUT2D eigenvalue weighted by Crippen LogP contribution is -2.16. The zero-order valence-electron chi connectivity index (χ0n) is 13.3. The highest BCUT2D eigenvalue weighted by Crippen LogP contribution is 2.34. The molecule has 1 heterocycles. The highest BCUT2D eigenvalue weighted by molar-refractivity contribution is 7.92. The minimum Gasteiger partial charge on any atom is -0.360 e. The number of H-pyrrole nitrogens is 1. The highest BCUT2D eigenvalue weighted by atomic mass is 32.2. The van der Waals surface area contributed by atoms with E-state index >= 15 is 0 Å². The first kappa shape index (κ1) is 18.9. The Bertz CT molecular complexity index is 1050. The Labute approximate surface area is 150 Å². The summed E-state index contributed by atoms with van der Waals surface area (Å²) in [4.78, 5) is 2.38. The first-order valence-electron chi connectivity index (χ1n) is 7.41. The van der Waals surface area contributed by atoms with Crippen molar-refractivity contribution in [1.82, 2.24) is 4.98 Å². The van der Waals surface area contributed by atoms with Crippen molar-refractivity contribution < 1.29 is 30.4 Å². The Hall–Kier alpha value is -2.88. The smallest absolute Gasteiger partial charge is 0.360 e. The van der Waals surface area contributed by atoms with E-state index in [2.05, 4.69) is 4.98 Å². The normalized spacial score (nSPS) is 12.2. The van der Waals surface area contributed by atoms with Crippen molar-refractivity contribution in [3.63, 3.8) is 0 Å². The van der Waals surface area contributed by atoms with Crippen LogP contribution < -0.4 is 4.72 Å². The maximum atomic E-state index is 13.9. The van der Waals surface area contributed by atoms with E-state index in [0.29, 0.717) is 11.3 Å². The van der Waals surface area contributed by atoms with E-state index in [-0.39, 0.29) is 17.0 Å². The molecule has 10 heteroatoms. The zero-order chi connectivity index (χ0) is 19.8. The Balaban J connectivity index is 1.93. The average molecular weight is 402 g/mol. The lowest BCUT2D eigenvalue weighted by atomic mass is 10.2. The van der Waals surface area contributed by atoms with Crippen LogP contribution in [-0.4, -0.2) is 13.4 Å². The fourth-order valence-corrected chi connectivity index (χ4v) is 3.41. The van der Waals surface area contributed by atoms with Crippen LogP contribution in [-0.2, 0) is 16.2 Å². The van der Waals surface area contributed by atoms with Crippen molar-refractivity contribution in [2.24, 2.45) is 0 Å². The number of benzene rings is 2. The van der Waals surface area contributed by atoms with E-state index in [9.17, 15) is 30.4 Å². The number of sulfonamides is 1. The number of hydrogen-bond acceptors (Lipinski definition) is 2. The Kier molecular flexibility index (Phi) is 4.68. The van der Waals surface area contributed by atoms with Crippen molar-refractivity contribution in [2.75, 3.05) is 4.72 Å². The summed E-state index contributed by atoms with van der Waals surface area (Å²) in [6, 6.07) is 9.93. The van der Waals surface area contributed by atoms with Gasteiger partial charge in [0.25, 0.3) is 10.0 Å². The van der Waals surface area contributed by atoms with Crippen LogP contribution in [0, 0.1) is 11.6 Å². The van der Waals surface area contributed by atoms with Gasteiger partial charge in [-0.15, -0.1) is 0 Å². The van der Waals surface area contributed by atoms with Crippen LogP contribution in [0.2, 0.25) is 0 Å². The molecule has 3 aromatic rings. The third-order valence-corrected chi connectivity index (χ3v) is 4.99. The topological polar surface area (TPSA) is 62.0 Å². The predicted octanol–water partition coefficient (Wildman–Crippen LogP) is 4.78. The van der Waals surface area contributed by atoms with Gasteiger partial charge < -0.3 is 4.98 Å². The van der Waals surface area contributed by atoms with Gasteiger partial charge in [0.15, 0.2) is 11.6 Å². The van der Waals surface area contributed by atoms with Crippen molar-refractivity contribution in [1.29, 1.82) is 0 Å². The number of aromatic amines is 1. The fraction of sp³-hybridized carbons (Fsp3) is 0.0588. The summed E-state index contributed by atoms with van der Waals surface area (Å²) >= 11 is 0. The molecule has 0 aliphatic carbocycles. The number of rotatable bonds is 4. The maximum Gasteiger partial charge on any atom is 0.416 e. The molecule has 0 atom stereocenters. The molecule has 4 nitrogen and oxygen atoms in total. The van der Waals surface area contributed by atoms with Gasteiger partial charge >= 0.3 is 6.18 Å². The first-order valence-corrected chi connectivity index (χ1v) is 8.89. The molecular formula is C17H11F5N2O2S. The lowest BCUT2D eigenvalue weighted by molar-refractivity contribution is -0.137. The molecule has 3 rings (SSSR count). The SMILES string of the molecule is O=S(=O)(Nc1c(F)cc(C(F)(F)F)cc1F)c1c[nH]c(-c2ccccc2)c1. The van der Waals surface area contributed by atoms with E-state index in [1.165, 1.54) is 6.07 Å². The summed E-state index contributed by atoms with van der Waals surface area (Å²) in [6.07, 6.45) is -3.87. The van der Waals surface area contributed by atoms with Gasteiger partial charge in [0, 0.05) is 11.9 Å². The molecule has 0 saturated heterocycles. The molecule has 0 amide bonds. The molecule has 1 aromatic heterocycles. The Morgan fingerprint density at radius 1 is 0.926 bits per heavy atom. The van der Waals surface area contributed by atoms with E-state index in [4.69, 9.17) is 0 Å². The third kappa shape index (κ3) is 3.95.